The highest BCUT2D eigenvalue weighted by Crippen LogP contribution is 2.47. The summed E-state index contributed by atoms with van der Waals surface area (Å²) in [6.07, 6.45) is 4.06. The maximum Gasteiger partial charge on any atom is 0.207 e. The first-order valence-corrected chi connectivity index (χ1v) is 17.5. The van der Waals surface area contributed by atoms with E-state index in [2.05, 4.69) is 117 Å². The third-order valence-corrected chi connectivity index (χ3v) is 9.64. The third-order valence-electron chi connectivity index (χ3n) is 9.64. The molecule has 0 N–H and O–H groups in total. The number of hydrogen-bond donors (Lipinski definition) is 0. The summed E-state index contributed by atoms with van der Waals surface area (Å²) in [5.41, 5.74) is 11.0. The molecule has 2 heterocycles. The predicted molar refractivity (Wildman–Crippen MR) is 218 cm³/mol. The quantitative estimate of drug-likeness (QED) is 0.147. The van der Waals surface area contributed by atoms with Crippen molar-refractivity contribution in [3.63, 3.8) is 0 Å². The van der Waals surface area contributed by atoms with E-state index < -0.39 is 0 Å². The Bertz CT molecular complexity index is 2250. The first-order chi connectivity index (χ1) is 26.6. The second-order valence-electron chi connectivity index (χ2n) is 12.7. The minimum atomic E-state index is 0.492. The van der Waals surface area contributed by atoms with Crippen molar-refractivity contribution in [3.05, 3.63) is 192 Å². The molecule has 2 aliphatic rings. The van der Waals surface area contributed by atoms with Gasteiger partial charge in [0.1, 0.15) is 0 Å². The van der Waals surface area contributed by atoms with Gasteiger partial charge in [0.25, 0.3) is 0 Å². The van der Waals surface area contributed by atoms with Gasteiger partial charge in [-0.2, -0.15) is 20.5 Å². The van der Waals surface area contributed by atoms with Gasteiger partial charge in [0, 0.05) is 48.2 Å². The van der Waals surface area contributed by atoms with E-state index in [1.165, 1.54) is 0 Å². The number of hydrogen-bond acceptors (Lipinski definition) is 6. The standard InChI is InChI=1S/C46H34N8/c1-51-43(33-23-27-39(28-24-33)53(35-15-7-3-8-16-35)36-17-9-4-10-18-36)41-42(45(51)49-31-47)44(52(2)46(41)50-32-48)34-25-29-40(30-26-34)54(37-19-11-5-12-20-37)38-21-13-6-14-22-38/h3-30H,1-2H3. The van der Waals surface area contributed by atoms with Crippen LogP contribution in [-0.2, 0) is 0 Å². The Morgan fingerprint density at radius 3 is 0.907 bits per heavy atom. The topological polar surface area (TPSA) is 85.3 Å². The number of likely N-dealkylation sites (N-methyl/N-ethyl adjacent to an activating group) is 2. The van der Waals surface area contributed by atoms with Crippen molar-refractivity contribution >= 4 is 57.2 Å². The van der Waals surface area contributed by atoms with E-state index in [1.807, 2.05) is 109 Å². The van der Waals surface area contributed by atoms with E-state index >= 15 is 0 Å². The van der Waals surface area contributed by atoms with Gasteiger partial charge in [-0.05, 0) is 83.9 Å². The fourth-order valence-electron chi connectivity index (χ4n) is 7.33. The summed E-state index contributed by atoms with van der Waals surface area (Å²) in [6.45, 7) is 0. The van der Waals surface area contributed by atoms with Crippen molar-refractivity contribution in [1.82, 2.24) is 9.80 Å². The number of amidine groups is 2. The lowest BCUT2D eigenvalue weighted by Crippen LogP contribution is -2.25. The second-order valence-corrected chi connectivity index (χ2v) is 12.7. The monoisotopic (exact) mass is 698 g/mol. The first-order valence-electron chi connectivity index (χ1n) is 17.5. The fraction of sp³-hybridized carbons (Fsp3) is 0.0435. The van der Waals surface area contributed by atoms with Crippen LogP contribution in [0, 0.1) is 22.9 Å². The molecule has 54 heavy (non-hydrogen) atoms. The fourth-order valence-corrected chi connectivity index (χ4v) is 7.33. The zero-order valence-corrected chi connectivity index (χ0v) is 29.7. The summed E-state index contributed by atoms with van der Waals surface area (Å²) in [4.78, 5) is 17.0. The molecule has 0 saturated carbocycles. The van der Waals surface area contributed by atoms with E-state index in [0.717, 1.165) is 67.8 Å². The van der Waals surface area contributed by atoms with Crippen molar-refractivity contribution in [3.8, 4) is 12.4 Å². The molecular formula is C46H34N8. The molecule has 0 fully saturated rings. The van der Waals surface area contributed by atoms with Crippen LogP contribution in [0.4, 0.5) is 34.1 Å². The van der Waals surface area contributed by atoms with Gasteiger partial charge >= 0.3 is 0 Å². The van der Waals surface area contributed by atoms with Gasteiger partial charge in [-0.3, -0.25) is 0 Å². The summed E-state index contributed by atoms with van der Waals surface area (Å²) in [7, 11) is 3.81. The van der Waals surface area contributed by atoms with Crippen molar-refractivity contribution in [2.75, 3.05) is 23.9 Å². The maximum atomic E-state index is 9.93. The molecule has 2 aliphatic heterocycles. The molecule has 8 nitrogen and oxygen atoms in total. The Labute approximate surface area is 315 Å². The highest BCUT2D eigenvalue weighted by molar-refractivity contribution is 6.33. The lowest BCUT2D eigenvalue weighted by Gasteiger charge is -2.27. The summed E-state index contributed by atoms with van der Waals surface area (Å²) < 4.78 is 0. The van der Waals surface area contributed by atoms with E-state index in [4.69, 9.17) is 0 Å². The largest absolute Gasteiger partial charge is 0.327 e. The molecule has 8 heteroatoms. The van der Waals surface area contributed by atoms with Gasteiger partial charge in [-0.1, -0.05) is 97.1 Å². The van der Waals surface area contributed by atoms with Crippen LogP contribution in [0.5, 0.6) is 0 Å². The highest BCUT2D eigenvalue weighted by Gasteiger charge is 2.44. The molecule has 0 atom stereocenters. The van der Waals surface area contributed by atoms with Gasteiger partial charge in [0.2, 0.25) is 12.4 Å². The zero-order valence-electron chi connectivity index (χ0n) is 29.7. The Balaban J connectivity index is 1.24. The van der Waals surface area contributed by atoms with Gasteiger partial charge in [0.15, 0.2) is 11.7 Å². The number of rotatable bonds is 8. The van der Waals surface area contributed by atoms with Gasteiger partial charge in [0.05, 0.1) is 22.5 Å². The lowest BCUT2D eigenvalue weighted by molar-refractivity contribution is 0.711. The van der Waals surface area contributed by atoms with E-state index in [9.17, 15) is 10.5 Å². The van der Waals surface area contributed by atoms with Crippen molar-refractivity contribution in [1.29, 1.82) is 10.5 Å². The summed E-state index contributed by atoms with van der Waals surface area (Å²) >= 11 is 0. The van der Waals surface area contributed by atoms with Crippen molar-refractivity contribution in [2.24, 2.45) is 9.98 Å². The van der Waals surface area contributed by atoms with E-state index in [-0.39, 0.29) is 0 Å². The van der Waals surface area contributed by atoms with Crippen LogP contribution in [0.1, 0.15) is 11.1 Å². The van der Waals surface area contributed by atoms with Crippen LogP contribution >= 0.6 is 0 Å². The average Bonchev–Trinajstić information content (AvgIpc) is 3.65. The third kappa shape index (κ3) is 5.94. The molecule has 258 valence electrons. The summed E-state index contributed by atoms with van der Waals surface area (Å²) in [6, 6.07) is 57.6. The van der Waals surface area contributed by atoms with Crippen molar-refractivity contribution < 1.29 is 0 Å². The molecule has 6 aromatic carbocycles. The molecule has 0 saturated heterocycles. The number of aliphatic imine (C=N–C) groups is 2. The molecule has 0 radical (unpaired) electrons. The molecule has 0 aliphatic carbocycles. The molecule has 0 bridgehead atoms. The van der Waals surface area contributed by atoms with Crippen molar-refractivity contribution in [2.45, 2.75) is 0 Å². The molecule has 8 rings (SSSR count). The number of benzene rings is 6. The molecule has 0 spiro atoms. The molecular weight excluding hydrogens is 665 g/mol. The number of nitrogens with zero attached hydrogens (tertiary/aromatic N) is 8. The average molecular weight is 699 g/mol. The number of nitriles is 2. The molecule has 0 unspecified atom stereocenters. The molecule has 0 amide bonds. The number of anilines is 6. The number of para-hydroxylation sites is 4. The summed E-state index contributed by atoms with van der Waals surface area (Å²) in [5.74, 6) is 0.983. The number of fused-ring (bicyclic) bond motifs is 1. The lowest BCUT2D eigenvalue weighted by atomic mass is 10.0. The normalized spacial score (nSPS) is 15.0. The van der Waals surface area contributed by atoms with E-state index in [0.29, 0.717) is 11.7 Å². The predicted octanol–water partition coefficient (Wildman–Crippen LogP) is 10.4. The molecule has 0 aromatic heterocycles. The first kappa shape index (κ1) is 33.5. The Morgan fingerprint density at radius 1 is 0.389 bits per heavy atom. The Hall–Kier alpha value is -7.68. The minimum absolute atomic E-state index is 0.492. The minimum Gasteiger partial charge on any atom is -0.327 e. The van der Waals surface area contributed by atoms with Gasteiger partial charge < -0.3 is 19.6 Å². The van der Waals surface area contributed by atoms with Gasteiger partial charge in [-0.25, -0.2) is 0 Å². The SMILES string of the molecule is CN1C(=NC#N)C2=C(c3ccc(N(c4ccccc4)c4ccccc4)cc3)N(C)C(=NC#N)C2=C1c1ccc(N(c2ccccc2)c2ccccc2)cc1. The van der Waals surface area contributed by atoms with Crippen LogP contribution in [0.15, 0.2) is 191 Å². The molecule has 6 aromatic rings. The van der Waals surface area contributed by atoms with Gasteiger partial charge in [-0.15, -0.1) is 0 Å². The van der Waals surface area contributed by atoms with Crippen LogP contribution < -0.4 is 9.80 Å². The van der Waals surface area contributed by atoms with Crippen LogP contribution in [0.2, 0.25) is 0 Å². The smallest absolute Gasteiger partial charge is 0.207 e. The van der Waals surface area contributed by atoms with Crippen LogP contribution in [0.3, 0.4) is 0 Å². The Morgan fingerprint density at radius 2 is 0.648 bits per heavy atom. The Kier molecular flexibility index (Phi) is 8.99. The zero-order chi connectivity index (χ0) is 37.0. The van der Waals surface area contributed by atoms with Crippen LogP contribution in [0.25, 0.3) is 11.4 Å². The second kappa shape index (κ2) is 14.5. The maximum absolute atomic E-state index is 9.93. The van der Waals surface area contributed by atoms with E-state index in [1.54, 1.807) is 0 Å². The highest BCUT2D eigenvalue weighted by atomic mass is 15.3. The van der Waals surface area contributed by atoms with Crippen LogP contribution in [-0.4, -0.2) is 35.6 Å². The summed E-state index contributed by atoms with van der Waals surface area (Å²) in [5, 5.41) is 19.9.